The summed E-state index contributed by atoms with van der Waals surface area (Å²) in [6, 6.07) is 8.13. The van der Waals surface area contributed by atoms with Gasteiger partial charge in [0.2, 0.25) is 5.91 Å². The number of halogens is 1. The number of hydrogen-bond donors (Lipinski definition) is 0. The van der Waals surface area contributed by atoms with Crippen LogP contribution in [0.5, 0.6) is 0 Å². The van der Waals surface area contributed by atoms with Crippen LogP contribution < -0.4 is 0 Å². The number of rotatable bonds is 1. The Morgan fingerprint density at radius 3 is 2.74 bits per heavy atom. The van der Waals surface area contributed by atoms with Gasteiger partial charge in [-0.3, -0.25) is 4.79 Å². The Balaban J connectivity index is 1.64. The maximum atomic E-state index is 13.0. The molecule has 3 nitrogen and oxygen atoms in total. The van der Waals surface area contributed by atoms with Crippen molar-refractivity contribution in [3.8, 4) is 0 Å². The van der Waals surface area contributed by atoms with Crippen molar-refractivity contribution in [2.45, 2.75) is 31.5 Å². The number of carbonyl (C=O) groups is 1. The largest absolute Gasteiger partial charge is 0.351 e. The van der Waals surface area contributed by atoms with E-state index in [1.807, 2.05) is 31.2 Å². The summed E-state index contributed by atoms with van der Waals surface area (Å²) in [7, 11) is 0. The maximum absolute atomic E-state index is 13.0. The van der Waals surface area contributed by atoms with E-state index in [4.69, 9.17) is 16.3 Å². The minimum absolute atomic E-state index is 0.00698. The SMILES string of the molecule is C[C@@H]1C[C@@]2(c3ccc(Cl)cc3)OC[C@@H]3[C@H]([C@@H]4C=C[C@H]3C4)N2C1=O. The Kier molecular flexibility index (Phi) is 2.82. The van der Waals surface area contributed by atoms with E-state index >= 15 is 0 Å². The van der Waals surface area contributed by atoms with E-state index in [0.717, 1.165) is 18.6 Å². The number of nitrogens with zero attached hydrogens (tertiary/aromatic N) is 1. The van der Waals surface area contributed by atoms with Crippen molar-refractivity contribution in [3.05, 3.63) is 47.0 Å². The molecule has 1 aromatic carbocycles. The highest BCUT2D eigenvalue weighted by Crippen LogP contribution is 2.57. The molecule has 4 heteroatoms. The third-order valence-corrected chi connectivity index (χ3v) is 6.57. The monoisotopic (exact) mass is 329 g/mol. The predicted molar refractivity (Wildman–Crippen MR) is 87.7 cm³/mol. The number of benzene rings is 1. The minimum Gasteiger partial charge on any atom is -0.351 e. The van der Waals surface area contributed by atoms with Gasteiger partial charge in [0.1, 0.15) is 0 Å². The van der Waals surface area contributed by atoms with Crippen LogP contribution in [0.2, 0.25) is 5.02 Å². The van der Waals surface area contributed by atoms with E-state index in [0.29, 0.717) is 28.8 Å². The summed E-state index contributed by atoms with van der Waals surface area (Å²) in [6.45, 7) is 2.77. The molecule has 0 radical (unpaired) electrons. The number of allylic oxidation sites excluding steroid dienone is 1. The molecular weight excluding hydrogens is 310 g/mol. The second kappa shape index (κ2) is 4.61. The van der Waals surface area contributed by atoms with E-state index in [2.05, 4.69) is 17.1 Å². The van der Waals surface area contributed by atoms with Gasteiger partial charge < -0.3 is 9.64 Å². The molecule has 120 valence electrons. The summed E-state index contributed by atoms with van der Waals surface area (Å²) in [5, 5.41) is 0.714. The summed E-state index contributed by atoms with van der Waals surface area (Å²) in [5.41, 5.74) is 0.463. The number of fused-ring (bicyclic) bond motifs is 7. The summed E-state index contributed by atoms with van der Waals surface area (Å²) in [6.07, 6.45) is 6.56. The normalized spacial score (nSPS) is 43.8. The molecule has 5 rings (SSSR count). The lowest BCUT2D eigenvalue weighted by atomic mass is 9.84. The van der Waals surface area contributed by atoms with Gasteiger partial charge in [0.15, 0.2) is 5.72 Å². The van der Waals surface area contributed by atoms with Gasteiger partial charge in [-0.05, 0) is 30.4 Å². The Bertz CT molecular complexity index is 700. The fourth-order valence-electron chi connectivity index (χ4n) is 5.32. The van der Waals surface area contributed by atoms with E-state index in [9.17, 15) is 4.79 Å². The van der Waals surface area contributed by atoms with E-state index in [-0.39, 0.29) is 11.8 Å². The Morgan fingerprint density at radius 2 is 1.96 bits per heavy atom. The van der Waals surface area contributed by atoms with Gasteiger partial charge in [-0.25, -0.2) is 0 Å². The van der Waals surface area contributed by atoms with Gasteiger partial charge in [-0.1, -0.05) is 42.8 Å². The molecule has 2 aliphatic carbocycles. The second-order valence-electron chi connectivity index (χ2n) is 7.52. The molecule has 2 heterocycles. The van der Waals surface area contributed by atoms with Gasteiger partial charge in [0.25, 0.3) is 0 Å². The quantitative estimate of drug-likeness (QED) is 0.737. The molecule has 2 aliphatic heterocycles. The van der Waals surface area contributed by atoms with Crippen LogP contribution in [-0.2, 0) is 15.3 Å². The molecule has 4 aliphatic rings. The zero-order valence-corrected chi connectivity index (χ0v) is 13.9. The lowest BCUT2D eigenvalue weighted by Gasteiger charge is -2.51. The first-order valence-electron chi connectivity index (χ1n) is 8.52. The number of hydrogen-bond acceptors (Lipinski definition) is 2. The molecule has 0 spiro atoms. The molecule has 0 unspecified atom stereocenters. The summed E-state index contributed by atoms with van der Waals surface area (Å²) in [4.78, 5) is 15.1. The molecule has 1 amide bonds. The zero-order valence-electron chi connectivity index (χ0n) is 13.1. The van der Waals surface area contributed by atoms with E-state index in [1.165, 1.54) is 6.42 Å². The Morgan fingerprint density at radius 1 is 1.22 bits per heavy atom. The first-order valence-corrected chi connectivity index (χ1v) is 8.89. The highest BCUT2D eigenvalue weighted by molar-refractivity contribution is 6.30. The first-order chi connectivity index (χ1) is 11.1. The third-order valence-electron chi connectivity index (χ3n) is 6.32. The number of amides is 1. The van der Waals surface area contributed by atoms with Crippen LogP contribution in [0.25, 0.3) is 0 Å². The van der Waals surface area contributed by atoms with Crippen molar-refractivity contribution in [3.63, 3.8) is 0 Å². The van der Waals surface area contributed by atoms with Crippen LogP contribution >= 0.6 is 11.6 Å². The Hall–Kier alpha value is -1.32. The van der Waals surface area contributed by atoms with Crippen LogP contribution in [0, 0.1) is 23.7 Å². The van der Waals surface area contributed by atoms with Gasteiger partial charge in [-0.15, -0.1) is 0 Å². The molecule has 1 saturated carbocycles. The molecule has 6 atom stereocenters. The average Bonchev–Trinajstić information content (AvgIpc) is 3.22. The second-order valence-corrected chi connectivity index (χ2v) is 7.95. The molecule has 3 fully saturated rings. The van der Waals surface area contributed by atoms with E-state index in [1.54, 1.807) is 0 Å². The number of carbonyl (C=O) groups excluding carboxylic acids is 1. The van der Waals surface area contributed by atoms with Crippen molar-refractivity contribution in [2.24, 2.45) is 23.7 Å². The smallest absolute Gasteiger partial charge is 0.228 e. The minimum atomic E-state index is -0.597. The van der Waals surface area contributed by atoms with Crippen LogP contribution in [0.4, 0.5) is 0 Å². The fraction of sp³-hybridized carbons (Fsp3) is 0.526. The highest BCUT2D eigenvalue weighted by atomic mass is 35.5. The summed E-state index contributed by atoms with van der Waals surface area (Å²) >= 11 is 6.06. The summed E-state index contributed by atoms with van der Waals surface area (Å²) in [5.74, 6) is 1.79. The van der Waals surface area contributed by atoms with Crippen molar-refractivity contribution in [2.75, 3.05) is 6.61 Å². The molecule has 2 saturated heterocycles. The van der Waals surface area contributed by atoms with Crippen LogP contribution in [0.1, 0.15) is 25.3 Å². The molecule has 23 heavy (non-hydrogen) atoms. The van der Waals surface area contributed by atoms with Crippen LogP contribution in [0.3, 0.4) is 0 Å². The van der Waals surface area contributed by atoms with Crippen molar-refractivity contribution in [1.82, 2.24) is 4.90 Å². The molecular formula is C19H20ClNO2. The van der Waals surface area contributed by atoms with Gasteiger partial charge >= 0.3 is 0 Å². The zero-order chi connectivity index (χ0) is 15.8. The van der Waals surface area contributed by atoms with Crippen molar-refractivity contribution >= 4 is 17.5 Å². The number of ether oxygens (including phenoxy) is 1. The standard InChI is InChI=1S/C19H20ClNO2/c1-11-9-19(14-4-6-15(20)7-5-14)21(18(11)22)17-13-3-2-12(8-13)16(17)10-23-19/h2-7,11-13,16-17H,8-10H2,1H3/t11-,12+,13-,16+,17+,19+/m1/s1. The van der Waals surface area contributed by atoms with E-state index < -0.39 is 5.72 Å². The molecule has 1 aromatic rings. The highest BCUT2D eigenvalue weighted by Gasteiger charge is 2.63. The van der Waals surface area contributed by atoms with Gasteiger partial charge in [-0.2, -0.15) is 0 Å². The van der Waals surface area contributed by atoms with Gasteiger partial charge in [0, 0.05) is 34.9 Å². The lowest BCUT2D eigenvalue weighted by Crippen LogP contribution is -2.60. The fourth-order valence-corrected chi connectivity index (χ4v) is 5.45. The molecule has 2 bridgehead atoms. The lowest BCUT2D eigenvalue weighted by molar-refractivity contribution is -0.218. The average molecular weight is 330 g/mol. The Labute approximate surface area is 141 Å². The summed E-state index contributed by atoms with van der Waals surface area (Å²) < 4.78 is 6.45. The first kappa shape index (κ1) is 14.1. The van der Waals surface area contributed by atoms with Crippen molar-refractivity contribution < 1.29 is 9.53 Å². The van der Waals surface area contributed by atoms with Crippen LogP contribution in [0.15, 0.2) is 36.4 Å². The van der Waals surface area contributed by atoms with Crippen molar-refractivity contribution in [1.29, 1.82) is 0 Å². The maximum Gasteiger partial charge on any atom is 0.228 e. The molecule has 0 aromatic heterocycles. The van der Waals surface area contributed by atoms with Crippen LogP contribution in [-0.4, -0.2) is 23.5 Å². The third kappa shape index (κ3) is 1.72. The van der Waals surface area contributed by atoms with Gasteiger partial charge in [0.05, 0.1) is 6.61 Å². The predicted octanol–water partition coefficient (Wildman–Crippen LogP) is 3.58. The topological polar surface area (TPSA) is 29.5 Å². The molecule has 0 N–H and O–H groups in total.